The van der Waals surface area contributed by atoms with Crippen molar-refractivity contribution in [3.8, 4) is 5.75 Å². The number of allylic oxidation sites excluding steroid dienone is 1. The molecule has 0 amide bonds. The smallest absolute Gasteiger partial charge is 0.193 e. The lowest BCUT2D eigenvalue weighted by molar-refractivity contribution is 0.103. The molecule has 2 aromatic rings. The molecule has 3 nitrogen and oxygen atoms in total. The van der Waals surface area contributed by atoms with Gasteiger partial charge in [0.2, 0.25) is 0 Å². The normalized spacial score (nSPS) is 16.1. The van der Waals surface area contributed by atoms with Gasteiger partial charge in [0.15, 0.2) is 5.78 Å². The lowest BCUT2D eigenvalue weighted by atomic mass is 10.1. The Morgan fingerprint density at radius 1 is 1.28 bits per heavy atom. The van der Waals surface area contributed by atoms with Crippen LogP contribution in [0.1, 0.15) is 21.6 Å². The van der Waals surface area contributed by atoms with Gasteiger partial charge in [-0.05, 0) is 29.8 Å². The molecule has 1 N–H and O–H groups in total. The highest BCUT2D eigenvalue weighted by Gasteiger charge is 2.27. The number of methoxy groups -OCH3 is 1. The van der Waals surface area contributed by atoms with E-state index in [0.29, 0.717) is 17.7 Å². The number of H-pyrrole nitrogens is 1. The van der Waals surface area contributed by atoms with Crippen molar-refractivity contribution in [2.24, 2.45) is 0 Å². The van der Waals surface area contributed by atoms with Crippen LogP contribution in [-0.2, 0) is 6.42 Å². The number of Topliss-reactive ketones (excluding diaryl/α,β-unsaturated/α-hetero) is 1. The first-order valence-electron chi connectivity index (χ1n) is 5.84. The molecule has 0 bridgehead atoms. The van der Waals surface area contributed by atoms with Crippen LogP contribution in [0.3, 0.4) is 0 Å². The third-order valence-corrected chi connectivity index (χ3v) is 3.18. The fraction of sp³-hybridized carbons (Fsp3) is 0.133. The third-order valence-electron chi connectivity index (χ3n) is 3.18. The molecule has 1 aromatic heterocycles. The molecule has 90 valence electrons. The number of ketones is 1. The Labute approximate surface area is 105 Å². The van der Waals surface area contributed by atoms with Crippen molar-refractivity contribution in [1.29, 1.82) is 0 Å². The molecule has 0 unspecified atom stereocenters. The Balaban J connectivity index is 2.04. The van der Waals surface area contributed by atoms with Crippen molar-refractivity contribution in [3.63, 3.8) is 0 Å². The van der Waals surface area contributed by atoms with Gasteiger partial charge in [0.1, 0.15) is 5.75 Å². The van der Waals surface area contributed by atoms with Crippen LogP contribution >= 0.6 is 0 Å². The van der Waals surface area contributed by atoms with Crippen molar-refractivity contribution in [2.75, 3.05) is 7.11 Å². The first-order chi connectivity index (χ1) is 8.79. The minimum Gasteiger partial charge on any atom is -0.496 e. The van der Waals surface area contributed by atoms with Crippen LogP contribution in [0.25, 0.3) is 6.08 Å². The van der Waals surface area contributed by atoms with Crippen molar-refractivity contribution in [1.82, 2.24) is 4.98 Å². The number of rotatable bonds is 2. The predicted molar refractivity (Wildman–Crippen MR) is 69.8 cm³/mol. The summed E-state index contributed by atoms with van der Waals surface area (Å²) in [7, 11) is 1.59. The Morgan fingerprint density at radius 3 is 2.89 bits per heavy atom. The Morgan fingerprint density at radius 2 is 2.17 bits per heavy atom. The molecule has 0 radical (unpaired) electrons. The summed E-state index contributed by atoms with van der Waals surface area (Å²) < 4.78 is 5.26. The SMILES string of the molecule is COc1cccc2c1C(=O)/C(=C/c1ccc[nH]1)C2. The number of benzene rings is 1. The van der Waals surface area contributed by atoms with E-state index in [1.807, 2.05) is 42.6 Å². The van der Waals surface area contributed by atoms with Gasteiger partial charge in [0, 0.05) is 23.9 Å². The molecule has 0 saturated carbocycles. The Kier molecular flexibility index (Phi) is 2.52. The maximum Gasteiger partial charge on any atom is 0.193 e. The molecule has 1 aromatic carbocycles. The second-order valence-electron chi connectivity index (χ2n) is 4.30. The highest BCUT2D eigenvalue weighted by molar-refractivity contribution is 6.17. The summed E-state index contributed by atoms with van der Waals surface area (Å²) in [4.78, 5) is 15.4. The van der Waals surface area contributed by atoms with Crippen LogP contribution in [0.5, 0.6) is 5.75 Å². The van der Waals surface area contributed by atoms with Gasteiger partial charge in [-0.3, -0.25) is 4.79 Å². The van der Waals surface area contributed by atoms with Crippen LogP contribution in [0.4, 0.5) is 0 Å². The van der Waals surface area contributed by atoms with E-state index >= 15 is 0 Å². The zero-order valence-corrected chi connectivity index (χ0v) is 10.1. The number of nitrogens with one attached hydrogen (secondary N) is 1. The van der Waals surface area contributed by atoms with E-state index in [1.54, 1.807) is 7.11 Å². The molecule has 1 aliphatic carbocycles. The number of carbonyl (C=O) groups is 1. The maximum absolute atomic E-state index is 12.3. The number of carbonyl (C=O) groups excluding carboxylic acids is 1. The molecule has 3 heteroatoms. The maximum atomic E-state index is 12.3. The second kappa shape index (κ2) is 4.18. The molecule has 1 aliphatic rings. The average molecular weight is 239 g/mol. The molecule has 0 aliphatic heterocycles. The molecular formula is C15H13NO2. The van der Waals surface area contributed by atoms with Gasteiger partial charge < -0.3 is 9.72 Å². The van der Waals surface area contributed by atoms with E-state index in [-0.39, 0.29) is 5.78 Å². The second-order valence-corrected chi connectivity index (χ2v) is 4.30. The van der Waals surface area contributed by atoms with E-state index in [9.17, 15) is 4.79 Å². The van der Waals surface area contributed by atoms with E-state index in [2.05, 4.69) is 4.98 Å². The largest absolute Gasteiger partial charge is 0.496 e. The van der Waals surface area contributed by atoms with Gasteiger partial charge in [-0.1, -0.05) is 12.1 Å². The van der Waals surface area contributed by atoms with Gasteiger partial charge in [0.05, 0.1) is 12.7 Å². The zero-order chi connectivity index (χ0) is 12.5. The number of hydrogen-bond acceptors (Lipinski definition) is 2. The van der Waals surface area contributed by atoms with Crippen molar-refractivity contribution < 1.29 is 9.53 Å². The van der Waals surface area contributed by atoms with E-state index in [4.69, 9.17) is 4.74 Å². The Hall–Kier alpha value is -2.29. The number of hydrogen-bond donors (Lipinski definition) is 1. The minimum absolute atomic E-state index is 0.0667. The summed E-state index contributed by atoms with van der Waals surface area (Å²) in [5.41, 5.74) is 3.50. The molecule has 0 saturated heterocycles. The van der Waals surface area contributed by atoms with Crippen LogP contribution in [0.2, 0.25) is 0 Å². The quantitative estimate of drug-likeness (QED) is 0.819. The van der Waals surface area contributed by atoms with Gasteiger partial charge in [-0.25, -0.2) is 0 Å². The minimum atomic E-state index is 0.0667. The van der Waals surface area contributed by atoms with Crippen LogP contribution in [-0.4, -0.2) is 17.9 Å². The van der Waals surface area contributed by atoms with Crippen LogP contribution < -0.4 is 4.74 Å². The van der Waals surface area contributed by atoms with Crippen LogP contribution in [0.15, 0.2) is 42.1 Å². The Bertz CT molecular complexity index is 624. The summed E-state index contributed by atoms with van der Waals surface area (Å²) in [6.45, 7) is 0. The molecule has 0 atom stereocenters. The first kappa shape index (κ1) is 10.8. The molecule has 0 spiro atoms. The monoisotopic (exact) mass is 239 g/mol. The topological polar surface area (TPSA) is 42.1 Å². The van der Waals surface area contributed by atoms with Crippen molar-refractivity contribution in [3.05, 3.63) is 58.9 Å². The fourth-order valence-electron chi connectivity index (χ4n) is 2.34. The fourth-order valence-corrected chi connectivity index (χ4v) is 2.34. The number of aromatic amines is 1. The number of fused-ring (bicyclic) bond motifs is 1. The van der Waals surface area contributed by atoms with Crippen molar-refractivity contribution in [2.45, 2.75) is 6.42 Å². The molecule has 3 rings (SSSR count). The summed E-state index contributed by atoms with van der Waals surface area (Å²) in [6.07, 6.45) is 4.42. The van der Waals surface area contributed by atoms with Gasteiger partial charge in [0.25, 0.3) is 0 Å². The van der Waals surface area contributed by atoms with Crippen LogP contribution in [0, 0.1) is 0 Å². The third kappa shape index (κ3) is 1.64. The predicted octanol–water partition coefficient (Wildman–Crippen LogP) is 2.85. The number of aromatic nitrogens is 1. The highest BCUT2D eigenvalue weighted by atomic mass is 16.5. The summed E-state index contributed by atoms with van der Waals surface area (Å²) >= 11 is 0. The highest BCUT2D eigenvalue weighted by Crippen LogP contribution is 2.33. The van der Waals surface area contributed by atoms with Gasteiger partial charge >= 0.3 is 0 Å². The summed E-state index contributed by atoms with van der Waals surface area (Å²) in [5.74, 6) is 0.726. The van der Waals surface area contributed by atoms with E-state index in [0.717, 1.165) is 16.8 Å². The zero-order valence-electron chi connectivity index (χ0n) is 10.1. The standard InChI is InChI=1S/C15H13NO2/c1-18-13-6-2-4-10-8-11(15(17)14(10)13)9-12-5-3-7-16-12/h2-7,9,16H,8H2,1H3/b11-9+. The first-order valence-corrected chi connectivity index (χ1v) is 5.84. The van der Waals surface area contributed by atoms with Crippen molar-refractivity contribution >= 4 is 11.9 Å². The van der Waals surface area contributed by atoms with Gasteiger partial charge in [-0.2, -0.15) is 0 Å². The van der Waals surface area contributed by atoms with E-state index in [1.165, 1.54) is 0 Å². The van der Waals surface area contributed by atoms with E-state index < -0.39 is 0 Å². The lowest BCUT2D eigenvalue weighted by Gasteiger charge is -2.04. The molecular weight excluding hydrogens is 226 g/mol. The average Bonchev–Trinajstić information content (AvgIpc) is 2.99. The molecule has 0 fully saturated rings. The lowest BCUT2D eigenvalue weighted by Crippen LogP contribution is -1.98. The summed E-state index contributed by atoms with van der Waals surface area (Å²) in [6, 6.07) is 9.59. The molecule has 18 heavy (non-hydrogen) atoms. The van der Waals surface area contributed by atoms with Gasteiger partial charge in [-0.15, -0.1) is 0 Å². The number of ether oxygens (including phenoxy) is 1. The molecule has 1 heterocycles. The summed E-state index contributed by atoms with van der Waals surface area (Å²) in [5, 5.41) is 0.